The molecule has 0 fully saturated rings. The summed E-state index contributed by atoms with van der Waals surface area (Å²) in [7, 11) is 0. The maximum Gasteiger partial charge on any atom is 0.119 e. The Morgan fingerprint density at radius 3 is 2.17 bits per heavy atom. The molecular formula is C15H15BrO2. The molecule has 2 aromatic carbocycles. The van der Waals surface area contributed by atoms with E-state index in [9.17, 15) is 5.11 Å². The highest BCUT2D eigenvalue weighted by molar-refractivity contribution is 9.09. The zero-order valence-corrected chi connectivity index (χ0v) is 11.5. The lowest BCUT2D eigenvalue weighted by Gasteiger charge is -2.10. The van der Waals surface area contributed by atoms with Gasteiger partial charge in [-0.3, -0.25) is 0 Å². The summed E-state index contributed by atoms with van der Waals surface area (Å²) in [6.45, 7) is 0.302. The zero-order valence-electron chi connectivity index (χ0n) is 9.92. The summed E-state index contributed by atoms with van der Waals surface area (Å²) >= 11 is 3.20. The Balaban J connectivity index is 2.02. The predicted molar refractivity (Wildman–Crippen MR) is 77.2 cm³/mol. The molecule has 0 bridgehead atoms. The molecule has 0 aliphatic carbocycles. The molecule has 0 amide bonds. The van der Waals surface area contributed by atoms with Crippen molar-refractivity contribution in [1.29, 1.82) is 0 Å². The maximum absolute atomic E-state index is 9.38. The first-order valence-corrected chi connectivity index (χ1v) is 6.94. The van der Waals surface area contributed by atoms with Crippen molar-refractivity contribution in [2.45, 2.75) is 6.10 Å². The van der Waals surface area contributed by atoms with Crippen LogP contribution in [0.3, 0.4) is 0 Å². The molecule has 0 saturated heterocycles. The van der Waals surface area contributed by atoms with E-state index >= 15 is 0 Å². The third kappa shape index (κ3) is 3.59. The standard InChI is InChI=1S/C15H15BrO2/c16-10-14(17)11-18-15-8-6-13(7-9-15)12-4-2-1-3-5-12/h1-9,14,17H,10-11H2/t14-/m0/s1. The first-order valence-electron chi connectivity index (χ1n) is 5.82. The van der Waals surface area contributed by atoms with E-state index in [1.54, 1.807) is 0 Å². The van der Waals surface area contributed by atoms with E-state index in [1.165, 1.54) is 5.56 Å². The van der Waals surface area contributed by atoms with Crippen molar-refractivity contribution in [3.8, 4) is 16.9 Å². The van der Waals surface area contributed by atoms with Crippen LogP contribution < -0.4 is 4.74 Å². The molecular weight excluding hydrogens is 292 g/mol. The molecule has 94 valence electrons. The quantitative estimate of drug-likeness (QED) is 0.857. The Labute approximate surface area is 115 Å². The summed E-state index contributed by atoms with van der Waals surface area (Å²) in [5.41, 5.74) is 2.34. The second-order valence-corrected chi connectivity index (χ2v) is 4.66. The van der Waals surface area contributed by atoms with Crippen LogP contribution in [0, 0.1) is 0 Å². The molecule has 0 aromatic heterocycles. The highest BCUT2D eigenvalue weighted by atomic mass is 79.9. The zero-order chi connectivity index (χ0) is 12.8. The molecule has 2 nitrogen and oxygen atoms in total. The van der Waals surface area contributed by atoms with Crippen LogP contribution in [0.15, 0.2) is 54.6 Å². The van der Waals surface area contributed by atoms with Crippen molar-refractivity contribution in [3.63, 3.8) is 0 Å². The number of aliphatic hydroxyl groups is 1. The predicted octanol–water partition coefficient (Wildman–Crippen LogP) is 3.49. The fraction of sp³-hybridized carbons (Fsp3) is 0.200. The van der Waals surface area contributed by atoms with Gasteiger partial charge in [-0.2, -0.15) is 0 Å². The van der Waals surface area contributed by atoms with Gasteiger partial charge in [0.25, 0.3) is 0 Å². The first-order chi connectivity index (χ1) is 8.79. The maximum atomic E-state index is 9.38. The average molecular weight is 307 g/mol. The normalized spacial score (nSPS) is 12.1. The van der Waals surface area contributed by atoms with Crippen molar-refractivity contribution < 1.29 is 9.84 Å². The second-order valence-electron chi connectivity index (χ2n) is 4.01. The van der Waals surface area contributed by atoms with Crippen molar-refractivity contribution in [2.24, 2.45) is 0 Å². The minimum atomic E-state index is -0.473. The lowest BCUT2D eigenvalue weighted by atomic mass is 10.1. The molecule has 1 atom stereocenters. The number of rotatable bonds is 5. The molecule has 0 heterocycles. The molecule has 18 heavy (non-hydrogen) atoms. The molecule has 3 heteroatoms. The van der Waals surface area contributed by atoms with Crippen molar-refractivity contribution in [1.82, 2.24) is 0 Å². The molecule has 1 N–H and O–H groups in total. The summed E-state index contributed by atoms with van der Waals surface area (Å²) < 4.78 is 5.47. The van der Waals surface area contributed by atoms with Gasteiger partial charge in [-0.25, -0.2) is 0 Å². The monoisotopic (exact) mass is 306 g/mol. The third-order valence-electron chi connectivity index (χ3n) is 2.58. The van der Waals surface area contributed by atoms with E-state index in [2.05, 4.69) is 28.1 Å². The van der Waals surface area contributed by atoms with Crippen molar-refractivity contribution >= 4 is 15.9 Å². The van der Waals surface area contributed by atoms with Crippen LogP contribution in [0.5, 0.6) is 5.75 Å². The summed E-state index contributed by atoms with van der Waals surface area (Å²) in [5, 5.41) is 9.90. The van der Waals surface area contributed by atoms with Gasteiger partial charge < -0.3 is 9.84 Å². The Hall–Kier alpha value is -1.32. The van der Waals surface area contributed by atoms with Gasteiger partial charge in [0.1, 0.15) is 12.4 Å². The Morgan fingerprint density at radius 1 is 0.944 bits per heavy atom. The number of halogens is 1. The molecule has 0 unspecified atom stereocenters. The van der Waals surface area contributed by atoms with Gasteiger partial charge in [-0.05, 0) is 23.3 Å². The molecule has 0 aliphatic heterocycles. The van der Waals surface area contributed by atoms with E-state index < -0.39 is 6.10 Å². The van der Waals surface area contributed by atoms with E-state index in [-0.39, 0.29) is 0 Å². The Kier molecular flexibility index (Phi) is 4.79. The largest absolute Gasteiger partial charge is 0.491 e. The highest BCUT2D eigenvalue weighted by Gasteiger charge is 2.03. The van der Waals surface area contributed by atoms with Crippen LogP contribution in [0.2, 0.25) is 0 Å². The molecule has 2 aromatic rings. The van der Waals surface area contributed by atoms with Gasteiger partial charge >= 0.3 is 0 Å². The van der Waals surface area contributed by atoms with Gasteiger partial charge in [0, 0.05) is 5.33 Å². The van der Waals surface area contributed by atoms with E-state index in [0.717, 1.165) is 11.3 Å². The third-order valence-corrected chi connectivity index (χ3v) is 3.33. The van der Waals surface area contributed by atoms with Crippen LogP contribution in [0.1, 0.15) is 0 Å². The van der Waals surface area contributed by atoms with E-state index in [4.69, 9.17) is 4.74 Å². The molecule has 0 spiro atoms. The molecule has 0 aliphatic rings. The second kappa shape index (κ2) is 6.57. The van der Waals surface area contributed by atoms with Gasteiger partial charge in [-0.1, -0.05) is 58.4 Å². The fourth-order valence-electron chi connectivity index (χ4n) is 1.61. The van der Waals surface area contributed by atoms with Crippen LogP contribution in [0.25, 0.3) is 11.1 Å². The average Bonchev–Trinajstić information content (AvgIpc) is 2.46. The van der Waals surface area contributed by atoms with E-state index in [1.807, 2.05) is 42.5 Å². The summed E-state index contributed by atoms with van der Waals surface area (Å²) in [6.07, 6.45) is -0.473. The first kappa shape index (κ1) is 13.1. The highest BCUT2D eigenvalue weighted by Crippen LogP contribution is 2.22. The van der Waals surface area contributed by atoms with Crippen LogP contribution in [-0.4, -0.2) is 23.1 Å². The summed E-state index contributed by atoms with van der Waals surface area (Å²) in [6, 6.07) is 18.1. The van der Waals surface area contributed by atoms with Crippen LogP contribution in [0.4, 0.5) is 0 Å². The minimum absolute atomic E-state index is 0.302. The lowest BCUT2D eigenvalue weighted by molar-refractivity contribution is 0.127. The number of alkyl halides is 1. The molecule has 2 rings (SSSR count). The van der Waals surface area contributed by atoms with Gasteiger partial charge in [0.2, 0.25) is 0 Å². The number of benzene rings is 2. The van der Waals surface area contributed by atoms with Gasteiger partial charge in [-0.15, -0.1) is 0 Å². The number of hydrogen-bond acceptors (Lipinski definition) is 2. The summed E-state index contributed by atoms with van der Waals surface area (Å²) in [5.74, 6) is 0.773. The smallest absolute Gasteiger partial charge is 0.119 e. The van der Waals surface area contributed by atoms with Crippen LogP contribution >= 0.6 is 15.9 Å². The van der Waals surface area contributed by atoms with Gasteiger partial charge in [0.15, 0.2) is 0 Å². The number of hydrogen-bond donors (Lipinski definition) is 1. The minimum Gasteiger partial charge on any atom is -0.491 e. The van der Waals surface area contributed by atoms with Crippen molar-refractivity contribution in [2.75, 3.05) is 11.9 Å². The van der Waals surface area contributed by atoms with E-state index in [0.29, 0.717) is 11.9 Å². The molecule has 0 radical (unpaired) electrons. The fourth-order valence-corrected chi connectivity index (χ4v) is 1.80. The molecule has 0 saturated carbocycles. The lowest BCUT2D eigenvalue weighted by Crippen LogP contribution is -2.18. The Morgan fingerprint density at radius 2 is 1.56 bits per heavy atom. The number of ether oxygens (including phenoxy) is 1. The van der Waals surface area contributed by atoms with Gasteiger partial charge in [0.05, 0.1) is 6.10 Å². The topological polar surface area (TPSA) is 29.5 Å². The number of aliphatic hydroxyl groups excluding tert-OH is 1. The summed E-state index contributed by atoms with van der Waals surface area (Å²) in [4.78, 5) is 0. The Bertz CT molecular complexity index is 468. The van der Waals surface area contributed by atoms with Crippen LogP contribution in [-0.2, 0) is 0 Å². The van der Waals surface area contributed by atoms with Crippen molar-refractivity contribution in [3.05, 3.63) is 54.6 Å². The SMILES string of the molecule is O[C@@H](CBr)COc1ccc(-c2ccccc2)cc1.